The van der Waals surface area contributed by atoms with Gasteiger partial charge < -0.3 is 14.6 Å². The molecule has 2 aliphatic rings. The molecule has 0 spiro atoms. The third-order valence-electron chi connectivity index (χ3n) is 5.77. The van der Waals surface area contributed by atoms with Crippen molar-refractivity contribution in [1.82, 2.24) is 15.1 Å². The minimum atomic E-state index is -0.414. The zero-order valence-electron chi connectivity index (χ0n) is 15.0. The molecular weight excluding hydrogens is 301 g/mol. The van der Waals surface area contributed by atoms with Crippen LogP contribution in [0.15, 0.2) is 24.3 Å². The number of fused-ring (bicyclic) bond motifs is 1. The predicted octanol–water partition coefficient (Wildman–Crippen LogP) is 2.26. The molecule has 0 bridgehead atoms. The van der Waals surface area contributed by atoms with E-state index in [0.717, 1.165) is 36.9 Å². The van der Waals surface area contributed by atoms with E-state index in [9.17, 15) is 0 Å². The molecule has 1 N–H and O–H groups in total. The van der Waals surface area contributed by atoms with Crippen LogP contribution in [0.2, 0.25) is 0 Å². The maximum atomic E-state index is 6.25. The van der Waals surface area contributed by atoms with E-state index in [1.54, 1.807) is 0 Å². The minimum absolute atomic E-state index is 0.350. The van der Waals surface area contributed by atoms with Crippen molar-refractivity contribution in [2.75, 3.05) is 13.1 Å². The predicted molar refractivity (Wildman–Crippen MR) is 96.6 cm³/mol. The molecule has 2 aromatic rings. The molecule has 6 heteroatoms. The maximum Gasteiger partial charge on any atom is 0.517 e. The number of para-hydroxylation sites is 1. The van der Waals surface area contributed by atoms with Gasteiger partial charge in [-0.25, -0.2) is 0 Å². The zero-order chi connectivity index (χ0) is 16.9. The number of rotatable bonds is 2. The van der Waals surface area contributed by atoms with Gasteiger partial charge >= 0.3 is 7.12 Å². The third-order valence-corrected chi connectivity index (χ3v) is 5.77. The molecule has 128 valence electrons. The fourth-order valence-corrected chi connectivity index (χ4v) is 3.57. The van der Waals surface area contributed by atoms with Gasteiger partial charge in [-0.3, -0.25) is 4.68 Å². The summed E-state index contributed by atoms with van der Waals surface area (Å²) in [6.07, 6.45) is 2.21. The Balaban J connectivity index is 1.77. The number of nitrogens with zero attached hydrogens (tertiary/aromatic N) is 2. The van der Waals surface area contributed by atoms with E-state index in [1.165, 1.54) is 5.52 Å². The van der Waals surface area contributed by atoms with Crippen LogP contribution in [0.4, 0.5) is 0 Å². The number of hydrogen-bond acceptors (Lipinski definition) is 4. The lowest BCUT2D eigenvalue weighted by Crippen LogP contribution is -2.41. The van der Waals surface area contributed by atoms with Crippen LogP contribution in [0.3, 0.4) is 0 Å². The summed E-state index contributed by atoms with van der Waals surface area (Å²) in [5.41, 5.74) is 1.38. The molecule has 2 saturated heterocycles. The van der Waals surface area contributed by atoms with Gasteiger partial charge in [0.25, 0.3) is 0 Å². The van der Waals surface area contributed by atoms with Gasteiger partial charge in [0, 0.05) is 5.39 Å². The number of hydrogen-bond donors (Lipinski definition) is 1. The van der Waals surface area contributed by atoms with Crippen LogP contribution in [-0.2, 0) is 9.31 Å². The van der Waals surface area contributed by atoms with Crippen LogP contribution in [0, 0.1) is 0 Å². The lowest BCUT2D eigenvalue weighted by atomic mass is 9.82. The Bertz CT molecular complexity index is 734. The zero-order valence-corrected chi connectivity index (χ0v) is 15.0. The van der Waals surface area contributed by atoms with Crippen molar-refractivity contribution >= 4 is 23.6 Å². The molecule has 0 atom stereocenters. The van der Waals surface area contributed by atoms with Crippen LogP contribution in [0.5, 0.6) is 0 Å². The highest BCUT2D eigenvalue weighted by Crippen LogP contribution is 2.37. The fourth-order valence-electron chi connectivity index (χ4n) is 3.57. The van der Waals surface area contributed by atoms with Crippen molar-refractivity contribution in [3.8, 4) is 0 Å². The normalized spacial score (nSPS) is 23.9. The summed E-state index contributed by atoms with van der Waals surface area (Å²) in [5, 5.41) is 9.52. The first kappa shape index (κ1) is 16.1. The van der Waals surface area contributed by atoms with Gasteiger partial charge in [0.15, 0.2) is 0 Å². The standard InChI is InChI=1S/C18H26BN3O2/c1-17(2)18(3,4)24-19(23-17)16-14-7-5-6-8-15(14)22(21-16)13-9-11-20-12-10-13/h5-8,13,20H,9-12H2,1-4H3. The van der Waals surface area contributed by atoms with E-state index in [-0.39, 0.29) is 11.2 Å². The topological polar surface area (TPSA) is 48.3 Å². The molecule has 4 rings (SSSR count). The van der Waals surface area contributed by atoms with E-state index >= 15 is 0 Å². The Morgan fingerprint density at radius 3 is 2.38 bits per heavy atom. The van der Waals surface area contributed by atoms with Crippen LogP contribution in [-0.4, -0.2) is 41.2 Å². The van der Waals surface area contributed by atoms with Gasteiger partial charge in [-0.05, 0) is 59.7 Å². The SMILES string of the molecule is CC1(C)OB(c2nn(C3CCNCC3)c3ccccc23)OC1(C)C. The van der Waals surface area contributed by atoms with Crippen LogP contribution in [0.1, 0.15) is 46.6 Å². The fraction of sp³-hybridized carbons (Fsp3) is 0.611. The molecule has 1 aromatic carbocycles. The van der Waals surface area contributed by atoms with Gasteiger partial charge in [0.05, 0.1) is 22.8 Å². The Morgan fingerprint density at radius 2 is 1.71 bits per heavy atom. The van der Waals surface area contributed by atoms with E-state index in [4.69, 9.17) is 14.4 Å². The largest absolute Gasteiger partial charge is 0.517 e. The average molecular weight is 327 g/mol. The molecule has 0 aliphatic carbocycles. The van der Waals surface area contributed by atoms with Crippen molar-refractivity contribution < 1.29 is 9.31 Å². The molecule has 0 amide bonds. The first-order chi connectivity index (χ1) is 11.4. The Kier molecular flexibility index (Phi) is 3.75. The lowest BCUT2D eigenvalue weighted by molar-refractivity contribution is 0.00578. The van der Waals surface area contributed by atoms with Gasteiger partial charge in [-0.15, -0.1) is 0 Å². The van der Waals surface area contributed by atoms with E-state index < -0.39 is 7.12 Å². The number of piperidine rings is 1. The van der Waals surface area contributed by atoms with Gasteiger partial charge in [-0.1, -0.05) is 18.2 Å². The van der Waals surface area contributed by atoms with Gasteiger partial charge in [0.2, 0.25) is 0 Å². The number of nitrogens with one attached hydrogen (secondary N) is 1. The number of benzene rings is 1. The first-order valence-corrected chi connectivity index (χ1v) is 8.92. The molecule has 3 heterocycles. The second-order valence-electron chi connectivity index (χ2n) is 7.92. The van der Waals surface area contributed by atoms with Crippen LogP contribution >= 0.6 is 0 Å². The highest BCUT2D eigenvalue weighted by atomic mass is 16.7. The monoisotopic (exact) mass is 327 g/mol. The quantitative estimate of drug-likeness (QED) is 0.860. The minimum Gasteiger partial charge on any atom is -0.398 e. The second-order valence-corrected chi connectivity index (χ2v) is 7.92. The molecule has 5 nitrogen and oxygen atoms in total. The van der Waals surface area contributed by atoms with Gasteiger partial charge in [-0.2, -0.15) is 5.10 Å². The van der Waals surface area contributed by atoms with Crippen LogP contribution in [0.25, 0.3) is 10.9 Å². The summed E-state index contributed by atoms with van der Waals surface area (Å²) in [4.78, 5) is 0. The smallest absolute Gasteiger partial charge is 0.398 e. The molecule has 2 fully saturated rings. The third kappa shape index (κ3) is 2.48. The van der Waals surface area contributed by atoms with Crippen molar-refractivity contribution in [3.63, 3.8) is 0 Å². The van der Waals surface area contributed by atoms with Crippen molar-refractivity contribution in [3.05, 3.63) is 24.3 Å². The van der Waals surface area contributed by atoms with E-state index in [2.05, 4.69) is 62.0 Å². The molecule has 2 aliphatic heterocycles. The summed E-state index contributed by atoms with van der Waals surface area (Å²) in [7, 11) is -0.414. The molecule has 1 aromatic heterocycles. The van der Waals surface area contributed by atoms with E-state index in [0.29, 0.717) is 6.04 Å². The van der Waals surface area contributed by atoms with Gasteiger partial charge in [0.1, 0.15) is 5.59 Å². The molecule has 0 unspecified atom stereocenters. The van der Waals surface area contributed by atoms with Crippen molar-refractivity contribution in [2.24, 2.45) is 0 Å². The highest BCUT2D eigenvalue weighted by molar-refractivity contribution is 6.64. The lowest BCUT2D eigenvalue weighted by Gasteiger charge is -2.32. The van der Waals surface area contributed by atoms with Crippen molar-refractivity contribution in [1.29, 1.82) is 0 Å². The van der Waals surface area contributed by atoms with Crippen molar-refractivity contribution in [2.45, 2.75) is 57.8 Å². The summed E-state index contributed by atoms with van der Waals surface area (Å²) < 4.78 is 14.7. The molecule has 0 saturated carbocycles. The Morgan fingerprint density at radius 1 is 1.08 bits per heavy atom. The van der Waals surface area contributed by atoms with E-state index in [1.807, 2.05) is 0 Å². The van der Waals surface area contributed by atoms with Crippen LogP contribution < -0.4 is 10.9 Å². The summed E-state index contributed by atoms with van der Waals surface area (Å²) in [5.74, 6) is 0. The Labute approximate surface area is 143 Å². The number of aromatic nitrogens is 2. The first-order valence-electron chi connectivity index (χ1n) is 8.92. The molecular formula is C18H26BN3O2. The summed E-state index contributed by atoms with van der Waals surface area (Å²) in [6.45, 7) is 10.4. The average Bonchev–Trinajstić information content (AvgIpc) is 3.03. The maximum absolute atomic E-state index is 6.25. The summed E-state index contributed by atoms with van der Waals surface area (Å²) in [6, 6.07) is 8.85. The Hall–Kier alpha value is -1.37. The molecule has 24 heavy (non-hydrogen) atoms. The highest BCUT2D eigenvalue weighted by Gasteiger charge is 2.53. The summed E-state index contributed by atoms with van der Waals surface area (Å²) >= 11 is 0. The second kappa shape index (κ2) is 5.58. The molecule has 0 radical (unpaired) electrons.